The van der Waals surface area contributed by atoms with Gasteiger partial charge in [0.05, 0.1) is 9.83 Å². The van der Waals surface area contributed by atoms with E-state index in [9.17, 15) is 13.2 Å². The average Bonchev–Trinajstić information content (AvgIpc) is 2.68. The van der Waals surface area contributed by atoms with Crippen LogP contribution in [-0.2, 0) is 0 Å². The zero-order valence-corrected chi connectivity index (χ0v) is 15.0. The average molecular weight is 468 g/mol. The lowest BCUT2D eigenvalue weighted by Gasteiger charge is -2.12. The van der Waals surface area contributed by atoms with Gasteiger partial charge in [-0.25, -0.2) is 0 Å². The van der Waals surface area contributed by atoms with Crippen molar-refractivity contribution in [2.24, 2.45) is 5.73 Å². The first-order valence-corrected chi connectivity index (χ1v) is 7.72. The van der Waals surface area contributed by atoms with Crippen molar-refractivity contribution in [3.63, 3.8) is 0 Å². The molecule has 0 fully saturated rings. The van der Waals surface area contributed by atoms with Crippen LogP contribution in [0.4, 0.5) is 13.2 Å². The molecule has 2 N–H and O–H groups in total. The van der Waals surface area contributed by atoms with Crippen molar-refractivity contribution >= 4 is 55.6 Å². The van der Waals surface area contributed by atoms with Crippen molar-refractivity contribution in [3.05, 3.63) is 49.0 Å². The predicted octanol–water partition coefficient (Wildman–Crippen LogP) is 5.64. The van der Waals surface area contributed by atoms with Gasteiger partial charge in [-0.2, -0.15) is 0 Å². The summed E-state index contributed by atoms with van der Waals surface area (Å²) in [7, 11) is 0. The van der Waals surface area contributed by atoms with Crippen LogP contribution < -0.4 is 10.5 Å². The van der Waals surface area contributed by atoms with E-state index in [-0.39, 0.29) is 18.2 Å². The molecular formula is C12H9Br2ClF3NOS. The van der Waals surface area contributed by atoms with Gasteiger partial charge in [0.15, 0.2) is 0 Å². The van der Waals surface area contributed by atoms with Crippen molar-refractivity contribution in [2.75, 3.05) is 0 Å². The van der Waals surface area contributed by atoms with E-state index in [2.05, 4.69) is 36.6 Å². The molecule has 0 saturated carbocycles. The number of nitrogens with two attached hydrogens (primary N) is 1. The fourth-order valence-corrected chi connectivity index (χ4v) is 3.68. The molecule has 0 aliphatic rings. The Kier molecular flexibility index (Phi) is 6.54. The van der Waals surface area contributed by atoms with Crippen LogP contribution >= 0.6 is 55.6 Å². The Balaban J connectivity index is 0.00000220. The normalized spacial score (nSPS) is 12.7. The summed E-state index contributed by atoms with van der Waals surface area (Å²) in [4.78, 5) is 0.897. The molecule has 0 aliphatic heterocycles. The number of thiophene rings is 1. The second kappa shape index (κ2) is 7.32. The standard InChI is InChI=1S/C12H8Br2F3NOS.ClH/c13-8-5-9(20-11(8)14)10(18)6-1-3-7(4-2-6)19-12(15,16)17;/h1-5,10H,18H2;1H/t10-;/m0./s1. The summed E-state index contributed by atoms with van der Waals surface area (Å²) in [6.45, 7) is 0. The second-order valence-electron chi connectivity index (χ2n) is 3.86. The van der Waals surface area contributed by atoms with Crippen molar-refractivity contribution in [3.8, 4) is 5.75 Å². The van der Waals surface area contributed by atoms with Crippen molar-refractivity contribution in [2.45, 2.75) is 12.4 Å². The first-order valence-electron chi connectivity index (χ1n) is 5.32. The molecule has 1 aromatic heterocycles. The second-order valence-corrected chi connectivity index (χ2v) is 7.12. The van der Waals surface area contributed by atoms with Crippen LogP contribution in [0.3, 0.4) is 0 Å². The van der Waals surface area contributed by atoms with E-state index in [1.54, 1.807) is 0 Å². The number of hydrogen-bond acceptors (Lipinski definition) is 3. The third-order valence-electron chi connectivity index (χ3n) is 2.44. The van der Waals surface area contributed by atoms with Crippen LogP contribution in [0.25, 0.3) is 0 Å². The Hall–Kier alpha value is -0.280. The fraction of sp³-hybridized carbons (Fsp3) is 0.167. The third-order valence-corrected chi connectivity index (χ3v) is 5.78. The summed E-state index contributed by atoms with van der Waals surface area (Å²) in [5.74, 6) is -0.262. The summed E-state index contributed by atoms with van der Waals surface area (Å²) in [6.07, 6.45) is -4.69. The molecule has 2 nitrogen and oxygen atoms in total. The van der Waals surface area contributed by atoms with E-state index in [4.69, 9.17) is 5.73 Å². The summed E-state index contributed by atoms with van der Waals surface area (Å²) in [6, 6.07) is 7.02. The molecule has 21 heavy (non-hydrogen) atoms. The van der Waals surface area contributed by atoms with Crippen molar-refractivity contribution < 1.29 is 17.9 Å². The maximum absolute atomic E-state index is 12.1. The highest BCUT2D eigenvalue weighted by Gasteiger charge is 2.31. The Morgan fingerprint density at radius 1 is 1.14 bits per heavy atom. The molecule has 1 heterocycles. The maximum Gasteiger partial charge on any atom is 0.573 e. The van der Waals surface area contributed by atoms with Gasteiger partial charge in [0.2, 0.25) is 0 Å². The Bertz CT molecular complexity index is 584. The van der Waals surface area contributed by atoms with Gasteiger partial charge < -0.3 is 10.5 Å². The SMILES string of the molecule is Cl.N[C@@H](c1ccc(OC(F)(F)F)cc1)c1cc(Br)c(Br)s1. The highest BCUT2D eigenvalue weighted by molar-refractivity contribution is 9.13. The number of halogens is 6. The zero-order chi connectivity index (χ0) is 14.9. The van der Waals surface area contributed by atoms with Gasteiger partial charge in [0.1, 0.15) is 5.75 Å². The first-order chi connectivity index (χ1) is 9.26. The van der Waals surface area contributed by atoms with Crippen LogP contribution in [0.5, 0.6) is 5.75 Å². The number of rotatable bonds is 3. The summed E-state index contributed by atoms with van der Waals surface area (Å²) in [5, 5.41) is 0. The zero-order valence-electron chi connectivity index (χ0n) is 10.2. The lowest BCUT2D eigenvalue weighted by atomic mass is 10.1. The molecule has 0 amide bonds. The molecule has 2 aromatic rings. The van der Waals surface area contributed by atoms with E-state index in [0.717, 1.165) is 13.1 Å². The van der Waals surface area contributed by atoms with E-state index in [0.29, 0.717) is 5.56 Å². The molecule has 0 bridgehead atoms. The monoisotopic (exact) mass is 465 g/mol. The van der Waals surface area contributed by atoms with Crippen LogP contribution in [0.2, 0.25) is 0 Å². The molecule has 0 saturated heterocycles. The van der Waals surface area contributed by atoms with E-state index in [1.807, 2.05) is 6.07 Å². The van der Waals surface area contributed by atoms with Crippen molar-refractivity contribution in [1.29, 1.82) is 0 Å². The Labute approximate surface area is 146 Å². The van der Waals surface area contributed by atoms with Gasteiger partial charge >= 0.3 is 6.36 Å². The van der Waals surface area contributed by atoms with E-state index < -0.39 is 12.4 Å². The molecule has 9 heteroatoms. The Morgan fingerprint density at radius 3 is 2.14 bits per heavy atom. The third kappa shape index (κ3) is 5.14. The molecule has 1 aromatic carbocycles. The largest absolute Gasteiger partial charge is 0.573 e. The van der Waals surface area contributed by atoms with Gasteiger partial charge in [0, 0.05) is 9.35 Å². The molecule has 116 valence electrons. The molecule has 0 spiro atoms. The van der Waals surface area contributed by atoms with Crippen molar-refractivity contribution in [1.82, 2.24) is 0 Å². The van der Waals surface area contributed by atoms with Gasteiger partial charge in [-0.15, -0.1) is 36.9 Å². The number of ether oxygens (including phenoxy) is 1. The minimum absolute atomic E-state index is 0. The summed E-state index contributed by atoms with van der Waals surface area (Å²) < 4.78 is 41.8. The molecule has 0 unspecified atom stereocenters. The van der Waals surface area contributed by atoms with Gasteiger partial charge in [-0.3, -0.25) is 0 Å². The van der Waals surface area contributed by atoms with Crippen LogP contribution in [0.15, 0.2) is 38.6 Å². The maximum atomic E-state index is 12.1. The minimum Gasteiger partial charge on any atom is -0.406 e. The summed E-state index contributed by atoms with van der Waals surface area (Å²) in [5.41, 5.74) is 6.79. The molecular weight excluding hydrogens is 458 g/mol. The van der Waals surface area contributed by atoms with Crippen LogP contribution in [-0.4, -0.2) is 6.36 Å². The molecule has 0 radical (unpaired) electrons. The van der Waals surface area contributed by atoms with E-state index in [1.165, 1.54) is 35.6 Å². The molecule has 2 rings (SSSR count). The topological polar surface area (TPSA) is 35.2 Å². The number of benzene rings is 1. The smallest absolute Gasteiger partial charge is 0.406 e. The lowest BCUT2D eigenvalue weighted by Crippen LogP contribution is -2.17. The highest BCUT2D eigenvalue weighted by Crippen LogP contribution is 2.37. The van der Waals surface area contributed by atoms with Gasteiger partial charge in [-0.05, 0) is 55.6 Å². The molecule has 1 atom stereocenters. The predicted molar refractivity (Wildman–Crippen MR) is 86.1 cm³/mol. The van der Waals surface area contributed by atoms with Gasteiger partial charge in [0.25, 0.3) is 0 Å². The first kappa shape index (κ1) is 18.8. The van der Waals surface area contributed by atoms with Gasteiger partial charge in [-0.1, -0.05) is 12.1 Å². The Morgan fingerprint density at radius 2 is 1.71 bits per heavy atom. The van der Waals surface area contributed by atoms with Crippen LogP contribution in [0.1, 0.15) is 16.5 Å². The fourth-order valence-electron chi connectivity index (χ4n) is 1.56. The number of hydrogen-bond donors (Lipinski definition) is 1. The highest BCUT2D eigenvalue weighted by atomic mass is 79.9. The minimum atomic E-state index is -4.69. The summed E-state index contributed by atoms with van der Waals surface area (Å²) >= 11 is 8.20. The van der Waals surface area contributed by atoms with Crippen LogP contribution in [0, 0.1) is 0 Å². The molecule has 0 aliphatic carbocycles. The van der Waals surface area contributed by atoms with E-state index >= 15 is 0 Å². The quantitative estimate of drug-likeness (QED) is 0.634. The lowest BCUT2D eigenvalue weighted by molar-refractivity contribution is -0.274. The number of alkyl halides is 3.